The summed E-state index contributed by atoms with van der Waals surface area (Å²) in [6, 6.07) is 16.3. The van der Waals surface area contributed by atoms with Crippen molar-refractivity contribution >= 4 is 23.6 Å². The quantitative estimate of drug-likeness (QED) is 0.672. The molecule has 4 nitrogen and oxygen atoms in total. The van der Waals surface area contributed by atoms with Crippen molar-refractivity contribution in [3.8, 4) is 0 Å². The maximum absolute atomic E-state index is 12.4. The van der Waals surface area contributed by atoms with Gasteiger partial charge in [0.05, 0.1) is 19.3 Å². The fourth-order valence-electron chi connectivity index (χ4n) is 3.45. The molecule has 2 aromatic rings. The van der Waals surface area contributed by atoms with Gasteiger partial charge in [0, 0.05) is 30.7 Å². The number of amides is 1. The molecular formula is C24H29ClN2O2. The predicted octanol–water partition coefficient (Wildman–Crippen LogP) is 4.67. The molecule has 1 amide bonds. The lowest BCUT2D eigenvalue weighted by molar-refractivity contribution is -0.116. The van der Waals surface area contributed by atoms with E-state index >= 15 is 0 Å². The zero-order valence-electron chi connectivity index (χ0n) is 17.1. The largest absolute Gasteiger partial charge is 0.379 e. The second-order valence-corrected chi connectivity index (χ2v) is 8.05. The summed E-state index contributed by atoms with van der Waals surface area (Å²) in [4.78, 5) is 14.8. The fourth-order valence-corrected chi connectivity index (χ4v) is 3.58. The maximum atomic E-state index is 12.4. The first-order chi connectivity index (χ1) is 14.0. The minimum Gasteiger partial charge on any atom is -0.379 e. The number of nitrogens with zero attached hydrogens (tertiary/aromatic N) is 1. The molecule has 1 aliphatic heterocycles. The van der Waals surface area contributed by atoms with Crippen molar-refractivity contribution in [1.29, 1.82) is 0 Å². The number of halogens is 1. The number of benzene rings is 2. The van der Waals surface area contributed by atoms with Gasteiger partial charge < -0.3 is 10.1 Å². The van der Waals surface area contributed by atoms with E-state index in [1.165, 1.54) is 11.1 Å². The van der Waals surface area contributed by atoms with Crippen LogP contribution in [0.3, 0.4) is 0 Å². The standard InChI is InChI=1S/C24H29ClN2O2/c1-18(2)20-6-8-21(9-7-20)23(27-13-15-29-16-14-27)17-26-24(28)12-5-19-3-10-22(25)11-4-19/h3-12,18,23H,13-17H2,1-2H3,(H,26,28)/b12-5+. The van der Waals surface area contributed by atoms with Crippen LogP contribution >= 0.6 is 11.6 Å². The zero-order chi connectivity index (χ0) is 20.6. The van der Waals surface area contributed by atoms with Crippen LogP contribution in [0.25, 0.3) is 6.08 Å². The van der Waals surface area contributed by atoms with Gasteiger partial charge in [-0.1, -0.05) is 61.8 Å². The summed E-state index contributed by atoms with van der Waals surface area (Å²) in [6.07, 6.45) is 3.37. The van der Waals surface area contributed by atoms with Gasteiger partial charge in [-0.2, -0.15) is 0 Å². The Bertz CT molecular complexity index is 810. The average molecular weight is 413 g/mol. The lowest BCUT2D eigenvalue weighted by atomic mass is 9.98. The summed E-state index contributed by atoms with van der Waals surface area (Å²) < 4.78 is 5.51. The minimum absolute atomic E-state index is 0.1000. The number of rotatable bonds is 7. The Labute approximate surface area is 178 Å². The van der Waals surface area contributed by atoms with Crippen LogP contribution in [0.15, 0.2) is 54.6 Å². The van der Waals surface area contributed by atoms with E-state index in [4.69, 9.17) is 16.3 Å². The molecule has 0 spiro atoms. The van der Waals surface area contributed by atoms with Crippen LogP contribution in [0.2, 0.25) is 5.02 Å². The average Bonchev–Trinajstić information content (AvgIpc) is 2.74. The molecule has 0 aromatic heterocycles. The zero-order valence-corrected chi connectivity index (χ0v) is 17.9. The predicted molar refractivity (Wildman–Crippen MR) is 119 cm³/mol. The van der Waals surface area contributed by atoms with Gasteiger partial charge in [0.15, 0.2) is 0 Å². The van der Waals surface area contributed by atoms with Crippen LogP contribution in [-0.2, 0) is 9.53 Å². The summed E-state index contributed by atoms with van der Waals surface area (Å²) >= 11 is 5.90. The monoisotopic (exact) mass is 412 g/mol. The molecule has 1 saturated heterocycles. The third-order valence-electron chi connectivity index (χ3n) is 5.24. The number of nitrogens with one attached hydrogen (secondary N) is 1. The molecule has 5 heteroatoms. The van der Waals surface area contributed by atoms with Gasteiger partial charge in [-0.15, -0.1) is 0 Å². The molecule has 0 bridgehead atoms. The lowest BCUT2D eigenvalue weighted by Gasteiger charge is -2.35. The van der Waals surface area contributed by atoms with E-state index in [-0.39, 0.29) is 11.9 Å². The summed E-state index contributed by atoms with van der Waals surface area (Å²) in [5.41, 5.74) is 3.49. The van der Waals surface area contributed by atoms with Crippen molar-refractivity contribution in [3.63, 3.8) is 0 Å². The van der Waals surface area contributed by atoms with Crippen LogP contribution in [0, 0.1) is 0 Å². The lowest BCUT2D eigenvalue weighted by Crippen LogP contribution is -2.43. The van der Waals surface area contributed by atoms with Gasteiger partial charge in [-0.3, -0.25) is 9.69 Å². The van der Waals surface area contributed by atoms with Crippen molar-refractivity contribution in [3.05, 3.63) is 76.3 Å². The first-order valence-corrected chi connectivity index (χ1v) is 10.5. The van der Waals surface area contributed by atoms with E-state index in [1.54, 1.807) is 12.2 Å². The first-order valence-electron chi connectivity index (χ1n) is 10.2. The van der Waals surface area contributed by atoms with E-state index < -0.39 is 0 Å². The molecule has 1 atom stereocenters. The van der Waals surface area contributed by atoms with Crippen LogP contribution in [-0.4, -0.2) is 43.7 Å². The molecular weight excluding hydrogens is 384 g/mol. The molecule has 0 saturated carbocycles. The Morgan fingerprint density at radius 1 is 1.07 bits per heavy atom. The SMILES string of the molecule is CC(C)c1ccc(C(CNC(=O)/C=C/c2ccc(Cl)cc2)N2CCOCC2)cc1. The van der Waals surface area contributed by atoms with E-state index in [2.05, 4.69) is 48.3 Å². The molecule has 1 fully saturated rings. The van der Waals surface area contributed by atoms with E-state index in [9.17, 15) is 4.79 Å². The number of carbonyl (C=O) groups is 1. The third kappa shape index (κ3) is 6.43. The Balaban J connectivity index is 1.66. The van der Waals surface area contributed by atoms with Gasteiger partial charge in [-0.25, -0.2) is 0 Å². The molecule has 1 aliphatic rings. The van der Waals surface area contributed by atoms with Crippen molar-refractivity contribution in [2.45, 2.75) is 25.8 Å². The highest BCUT2D eigenvalue weighted by Crippen LogP contribution is 2.24. The minimum atomic E-state index is -0.1000. The second-order valence-electron chi connectivity index (χ2n) is 7.62. The molecule has 0 aliphatic carbocycles. The molecule has 0 radical (unpaired) electrons. The Morgan fingerprint density at radius 2 is 1.69 bits per heavy atom. The first kappa shape index (κ1) is 21.6. The van der Waals surface area contributed by atoms with Gasteiger partial charge in [0.1, 0.15) is 0 Å². The smallest absolute Gasteiger partial charge is 0.244 e. The van der Waals surface area contributed by atoms with Crippen molar-refractivity contribution in [1.82, 2.24) is 10.2 Å². The maximum Gasteiger partial charge on any atom is 0.244 e. The number of carbonyl (C=O) groups excluding carboxylic acids is 1. The Kier molecular flexibility index (Phi) is 7.87. The summed E-state index contributed by atoms with van der Waals surface area (Å²) in [5, 5.41) is 3.75. The number of ether oxygens (including phenoxy) is 1. The third-order valence-corrected chi connectivity index (χ3v) is 5.49. The van der Waals surface area contributed by atoms with Crippen molar-refractivity contribution in [2.24, 2.45) is 0 Å². The van der Waals surface area contributed by atoms with Crippen LogP contribution in [0.1, 0.15) is 42.5 Å². The molecule has 2 aromatic carbocycles. The van der Waals surface area contributed by atoms with E-state index in [0.717, 1.165) is 31.9 Å². The van der Waals surface area contributed by atoms with E-state index in [0.29, 0.717) is 17.5 Å². The second kappa shape index (κ2) is 10.6. The summed E-state index contributed by atoms with van der Waals surface area (Å²) in [6.45, 7) is 8.14. The number of hydrogen-bond acceptors (Lipinski definition) is 3. The van der Waals surface area contributed by atoms with Crippen LogP contribution < -0.4 is 5.32 Å². The highest BCUT2D eigenvalue weighted by Gasteiger charge is 2.23. The van der Waals surface area contributed by atoms with Gasteiger partial charge >= 0.3 is 0 Å². The molecule has 1 N–H and O–H groups in total. The normalized spacial score (nSPS) is 16.3. The summed E-state index contributed by atoms with van der Waals surface area (Å²) in [5.74, 6) is 0.403. The Hall–Kier alpha value is -2.14. The highest BCUT2D eigenvalue weighted by molar-refractivity contribution is 6.30. The molecule has 29 heavy (non-hydrogen) atoms. The van der Waals surface area contributed by atoms with Crippen LogP contribution in [0.4, 0.5) is 0 Å². The van der Waals surface area contributed by atoms with Crippen molar-refractivity contribution in [2.75, 3.05) is 32.8 Å². The highest BCUT2D eigenvalue weighted by atomic mass is 35.5. The topological polar surface area (TPSA) is 41.6 Å². The van der Waals surface area contributed by atoms with Gasteiger partial charge in [-0.05, 0) is 40.8 Å². The molecule has 3 rings (SSSR count). The van der Waals surface area contributed by atoms with E-state index in [1.807, 2.05) is 24.3 Å². The van der Waals surface area contributed by atoms with Gasteiger partial charge in [0.25, 0.3) is 0 Å². The summed E-state index contributed by atoms with van der Waals surface area (Å²) in [7, 11) is 0. The van der Waals surface area contributed by atoms with Gasteiger partial charge in [0.2, 0.25) is 5.91 Å². The Morgan fingerprint density at radius 3 is 2.31 bits per heavy atom. The molecule has 1 heterocycles. The number of hydrogen-bond donors (Lipinski definition) is 1. The fraction of sp³-hybridized carbons (Fsp3) is 0.375. The number of morpholine rings is 1. The molecule has 1 unspecified atom stereocenters. The van der Waals surface area contributed by atoms with Crippen molar-refractivity contribution < 1.29 is 9.53 Å². The molecule has 154 valence electrons. The van der Waals surface area contributed by atoms with Crippen LogP contribution in [0.5, 0.6) is 0 Å².